The van der Waals surface area contributed by atoms with Crippen molar-refractivity contribution >= 4 is 63.8 Å². The van der Waals surface area contributed by atoms with E-state index in [1.165, 1.54) is 35.1 Å². The first-order valence-electron chi connectivity index (χ1n) is 11.4. The quantitative estimate of drug-likeness (QED) is 0.349. The highest BCUT2D eigenvalue weighted by Crippen LogP contribution is 2.53. The normalized spacial score (nSPS) is 20.4. The molecule has 2 aromatic carbocycles. The van der Waals surface area contributed by atoms with Crippen molar-refractivity contribution in [2.45, 2.75) is 22.7 Å². The number of thiazole rings is 1. The smallest absolute Gasteiger partial charge is 0.308 e. The fraction of sp³-hybridized carbons (Fsp3) is 0.154. The number of amides is 3. The summed E-state index contributed by atoms with van der Waals surface area (Å²) in [5.41, 5.74) is 0.780. The lowest BCUT2D eigenvalue weighted by atomic mass is 9.87. The second kappa shape index (κ2) is 9.57. The maximum Gasteiger partial charge on any atom is 0.308 e. The van der Waals surface area contributed by atoms with E-state index >= 15 is 0 Å². The standard InChI is InChI=1S/C26H17ClFN3O5S2/c27-13-3-9-16(10-4-13)31-23(33)20-19(17-2-1-11-36-17)22-25(37-21(20)24(31)34)30(26(35)38-22)12-18(32)29-15-7-5-14(28)6-8-15/h1-11,19-21H,12H2,(H,29,32)/t19-,20?,21?/m1/s1. The molecule has 2 aliphatic heterocycles. The molecule has 0 bridgehead atoms. The minimum Gasteiger partial charge on any atom is -0.469 e. The van der Waals surface area contributed by atoms with Crippen LogP contribution in [0.2, 0.25) is 5.02 Å². The molecule has 3 atom stereocenters. The van der Waals surface area contributed by atoms with Gasteiger partial charge in [0.25, 0.3) is 0 Å². The number of anilines is 2. The number of imide groups is 1. The third kappa shape index (κ3) is 4.16. The lowest BCUT2D eigenvalue weighted by Gasteiger charge is -2.29. The average molecular weight is 570 g/mol. The van der Waals surface area contributed by atoms with E-state index in [1.54, 1.807) is 36.4 Å². The van der Waals surface area contributed by atoms with Gasteiger partial charge in [0.15, 0.2) is 0 Å². The van der Waals surface area contributed by atoms with Crippen LogP contribution in [0, 0.1) is 11.7 Å². The van der Waals surface area contributed by atoms with Crippen LogP contribution in [0.1, 0.15) is 16.6 Å². The molecule has 0 aliphatic carbocycles. The summed E-state index contributed by atoms with van der Waals surface area (Å²) in [5, 5.41) is 2.73. The van der Waals surface area contributed by atoms with Gasteiger partial charge in [-0.25, -0.2) is 9.29 Å². The maximum absolute atomic E-state index is 13.7. The van der Waals surface area contributed by atoms with Gasteiger partial charge < -0.3 is 9.73 Å². The Balaban J connectivity index is 1.38. The van der Waals surface area contributed by atoms with Crippen molar-refractivity contribution in [3.05, 3.63) is 98.1 Å². The summed E-state index contributed by atoms with van der Waals surface area (Å²) in [6.07, 6.45) is 1.47. The summed E-state index contributed by atoms with van der Waals surface area (Å²) in [5.74, 6) is -2.79. The van der Waals surface area contributed by atoms with Gasteiger partial charge in [-0.2, -0.15) is 0 Å². The van der Waals surface area contributed by atoms with Crippen LogP contribution in [0.4, 0.5) is 15.8 Å². The molecular formula is C26H17ClFN3O5S2. The van der Waals surface area contributed by atoms with E-state index in [2.05, 4.69) is 5.32 Å². The number of thioether (sulfide) groups is 1. The SMILES string of the molecule is O=C(Cn1c2c(sc1=O)[C@H](c1ccco1)C1C(=O)N(c3ccc(Cl)cc3)C(=O)C1S2)Nc1ccc(F)cc1. The zero-order valence-corrected chi connectivity index (χ0v) is 21.7. The number of halogens is 2. The number of hydrogen-bond donors (Lipinski definition) is 1. The predicted molar refractivity (Wildman–Crippen MR) is 141 cm³/mol. The van der Waals surface area contributed by atoms with Gasteiger partial charge in [0, 0.05) is 10.7 Å². The van der Waals surface area contributed by atoms with E-state index in [0.29, 0.717) is 32.1 Å². The van der Waals surface area contributed by atoms with Gasteiger partial charge in [0.1, 0.15) is 23.4 Å². The van der Waals surface area contributed by atoms with Crippen molar-refractivity contribution in [1.29, 1.82) is 0 Å². The molecule has 2 aromatic heterocycles. The number of rotatable bonds is 5. The summed E-state index contributed by atoms with van der Waals surface area (Å²) >= 11 is 8.02. The van der Waals surface area contributed by atoms with Crippen LogP contribution in [-0.4, -0.2) is 27.5 Å². The summed E-state index contributed by atoms with van der Waals surface area (Å²) in [7, 11) is 0. The van der Waals surface area contributed by atoms with Gasteiger partial charge >= 0.3 is 4.87 Å². The van der Waals surface area contributed by atoms with Gasteiger partial charge in [-0.1, -0.05) is 34.7 Å². The third-order valence-electron chi connectivity index (χ3n) is 6.41. The molecule has 4 heterocycles. The molecule has 0 radical (unpaired) electrons. The van der Waals surface area contributed by atoms with E-state index in [0.717, 1.165) is 28.0 Å². The zero-order valence-electron chi connectivity index (χ0n) is 19.3. The van der Waals surface area contributed by atoms with E-state index in [9.17, 15) is 23.6 Å². The molecule has 38 heavy (non-hydrogen) atoms. The van der Waals surface area contributed by atoms with Crippen molar-refractivity contribution in [3.63, 3.8) is 0 Å². The van der Waals surface area contributed by atoms with Crippen LogP contribution in [0.3, 0.4) is 0 Å². The van der Waals surface area contributed by atoms with Crippen LogP contribution in [-0.2, 0) is 20.9 Å². The molecule has 192 valence electrons. The number of furan rings is 1. The highest BCUT2D eigenvalue weighted by molar-refractivity contribution is 8.00. The number of carbonyl (C=O) groups excluding carboxylic acids is 3. The molecule has 6 rings (SSSR count). The Bertz CT molecular complexity index is 1620. The number of hydrogen-bond acceptors (Lipinski definition) is 7. The lowest BCUT2D eigenvalue weighted by molar-refractivity contribution is -0.122. The van der Waals surface area contributed by atoms with Gasteiger partial charge in [-0.15, -0.1) is 0 Å². The number of nitrogens with one attached hydrogen (secondary N) is 1. The number of benzene rings is 2. The Morgan fingerprint density at radius 1 is 1.03 bits per heavy atom. The highest BCUT2D eigenvalue weighted by Gasteiger charge is 2.57. The second-order valence-corrected chi connectivity index (χ2v) is 11.3. The molecule has 3 amide bonds. The molecule has 8 nitrogen and oxygen atoms in total. The molecule has 2 unspecified atom stereocenters. The van der Waals surface area contributed by atoms with Crippen molar-refractivity contribution in [2.24, 2.45) is 5.92 Å². The maximum atomic E-state index is 13.7. The molecule has 2 aliphatic rings. The Labute approximate surface area is 228 Å². The first-order chi connectivity index (χ1) is 18.3. The third-order valence-corrected chi connectivity index (χ3v) is 9.27. The number of nitrogens with zero attached hydrogens (tertiary/aromatic N) is 2. The van der Waals surface area contributed by atoms with Gasteiger partial charge in [0.05, 0.1) is 33.7 Å². The first-order valence-corrected chi connectivity index (χ1v) is 13.5. The summed E-state index contributed by atoms with van der Waals surface area (Å²) in [6.45, 7) is -0.319. The second-order valence-electron chi connectivity index (χ2n) is 8.72. The predicted octanol–water partition coefficient (Wildman–Crippen LogP) is 4.73. The zero-order chi connectivity index (χ0) is 26.6. The van der Waals surface area contributed by atoms with Crippen LogP contribution in [0.25, 0.3) is 0 Å². The molecule has 4 aromatic rings. The molecule has 0 saturated carbocycles. The molecule has 1 saturated heterocycles. The number of carbonyl (C=O) groups is 3. The van der Waals surface area contributed by atoms with Crippen molar-refractivity contribution < 1.29 is 23.2 Å². The molecular weight excluding hydrogens is 553 g/mol. The topological polar surface area (TPSA) is 102 Å². The minimum absolute atomic E-state index is 0.319. The Kier molecular flexibility index (Phi) is 6.21. The van der Waals surface area contributed by atoms with E-state index < -0.39 is 45.5 Å². The van der Waals surface area contributed by atoms with Crippen molar-refractivity contribution in [2.75, 3.05) is 10.2 Å². The van der Waals surface area contributed by atoms with E-state index in [4.69, 9.17) is 16.0 Å². The lowest BCUT2D eigenvalue weighted by Crippen LogP contribution is -2.32. The number of aromatic nitrogens is 1. The van der Waals surface area contributed by atoms with Crippen LogP contribution < -0.4 is 15.1 Å². The largest absolute Gasteiger partial charge is 0.469 e. The Hall–Kier alpha value is -3.67. The molecule has 0 spiro atoms. The number of fused-ring (bicyclic) bond motifs is 2. The molecule has 1 N–H and O–H groups in total. The minimum atomic E-state index is -0.832. The fourth-order valence-electron chi connectivity index (χ4n) is 4.75. The van der Waals surface area contributed by atoms with Crippen LogP contribution >= 0.6 is 34.7 Å². The monoisotopic (exact) mass is 569 g/mol. The summed E-state index contributed by atoms with van der Waals surface area (Å²) in [4.78, 5) is 54.5. The van der Waals surface area contributed by atoms with Crippen molar-refractivity contribution in [3.8, 4) is 0 Å². The molecule has 12 heteroatoms. The van der Waals surface area contributed by atoms with E-state index in [1.807, 2.05) is 0 Å². The van der Waals surface area contributed by atoms with E-state index in [-0.39, 0.29) is 6.54 Å². The molecule has 1 fully saturated rings. The Morgan fingerprint density at radius 2 is 1.76 bits per heavy atom. The van der Waals surface area contributed by atoms with Crippen LogP contribution in [0.5, 0.6) is 0 Å². The Morgan fingerprint density at radius 3 is 2.45 bits per heavy atom. The summed E-state index contributed by atoms with van der Waals surface area (Å²) in [6, 6.07) is 15.1. The highest BCUT2D eigenvalue weighted by atomic mass is 35.5. The average Bonchev–Trinajstić information content (AvgIpc) is 3.59. The van der Waals surface area contributed by atoms with Crippen molar-refractivity contribution in [1.82, 2.24) is 4.57 Å². The van der Waals surface area contributed by atoms with Gasteiger partial charge in [-0.05, 0) is 60.7 Å². The summed E-state index contributed by atoms with van der Waals surface area (Å²) < 4.78 is 20.2. The van der Waals surface area contributed by atoms with Crippen LogP contribution in [0.15, 0.2) is 81.2 Å². The first kappa shape index (κ1) is 24.7. The fourth-order valence-corrected chi connectivity index (χ4v) is 7.63. The van der Waals surface area contributed by atoms with Gasteiger partial charge in [-0.3, -0.25) is 23.7 Å². The van der Waals surface area contributed by atoms with Gasteiger partial charge in [0.2, 0.25) is 17.7 Å².